The molecule has 0 fully saturated rings. The molecule has 0 aliphatic heterocycles. The minimum atomic E-state index is 0.0963. The molecule has 84 valence electrons. The minimum Gasteiger partial charge on any atom is -0.323 e. The third-order valence-electron chi connectivity index (χ3n) is 2.53. The number of hydrogen-bond acceptors (Lipinski definition) is 2. The van der Waals surface area contributed by atoms with Gasteiger partial charge in [-0.05, 0) is 40.9 Å². The Hall–Kier alpha value is -0.640. The van der Waals surface area contributed by atoms with Crippen molar-refractivity contribution in [3.8, 4) is 0 Å². The van der Waals surface area contributed by atoms with Gasteiger partial charge in [-0.15, -0.1) is 11.3 Å². The fourth-order valence-electron chi connectivity index (χ4n) is 1.60. The number of thiophene rings is 1. The SMILES string of the molecule is Cc1ccc(CC(N)c2cc(Br)cs2)cc1. The maximum atomic E-state index is 6.17. The van der Waals surface area contributed by atoms with Gasteiger partial charge in [0, 0.05) is 20.8 Å². The summed E-state index contributed by atoms with van der Waals surface area (Å²) in [7, 11) is 0. The van der Waals surface area contributed by atoms with Crippen LogP contribution in [0.3, 0.4) is 0 Å². The molecule has 0 radical (unpaired) electrons. The van der Waals surface area contributed by atoms with E-state index in [2.05, 4.69) is 58.6 Å². The summed E-state index contributed by atoms with van der Waals surface area (Å²) in [4.78, 5) is 1.23. The quantitative estimate of drug-likeness (QED) is 0.908. The van der Waals surface area contributed by atoms with Crippen LogP contribution in [0.5, 0.6) is 0 Å². The van der Waals surface area contributed by atoms with Crippen LogP contribution in [0.15, 0.2) is 40.2 Å². The van der Waals surface area contributed by atoms with E-state index in [-0.39, 0.29) is 6.04 Å². The van der Waals surface area contributed by atoms with Crippen molar-refractivity contribution in [2.75, 3.05) is 0 Å². The molecule has 1 aromatic carbocycles. The first-order valence-corrected chi connectivity index (χ1v) is 6.87. The van der Waals surface area contributed by atoms with E-state index in [0.717, 1.165) is 10.9 Å². The molecule has 1 nitrogen and oxygen atoms in total. The summed E-state index contributed by atoms with van der Waals surface area (Å²) in [6.07, 6.45) is 0.896. The van der Waals surface area contributed by atoms with Gasteiger partial charge < -0.3 is 5.73 Å². The third kappa shape index (κ3) is 2.94. The minimum absolute atomic E-state index is 0.0963. The average molecular weight is 296 g/mol. The van der Waals surface area contributed by atoms with Gasteiger partial charge in [0.1, 0.15) is 0 Å². The first-order valence-electron chi connectivity index (χ1n) is 5.20. The predicted octanol–water partition coefficient (Wildman–Crippen LogP) is 4.06. The molecule has 0 amide bonds. The Bertz CT molecular complexity index is 461. The summed E-state index contributed by atoms with van der Waals surface area (Å²) in [6, 6.07) is 10.8. The molecule has 1 atom stereocenters. The Morgan fingerprint density at radius 2 is 2.00 bits per heavy atom. The zero-order valence-electron chi connectivity index (χ0n) is 9.11. The lowest BCUT2D eigenvalue weighted by Gasteiger charge is -2.09. The lowest BCUT2D eigenvalue weighted by Crippen LogP contribution is -2.11. The van der Waals surface area contributed by atoms with Crippen LogP contribution in [-0.2, 0) is 6.42 Å². The van der Waals surface area contributed by atoms with E-state index in [0.29, 0.717) is 0 Å². The lowest BCUT2D eigenvalue weighted by molar-refractivity contribution is 0.736. The molecule has 1 aromatic heterocycles. The van der Waals surface area contributed by atoms with Gasteiger partial charge in [0.2, 0.25) is 0 Å². The molecular formula is C13H14BrNS. The van der Waals surface area contributed by atoms with E-state index >= 15 is 0 Å². The molecular weight excluding hydrogens is 282 g/mol. The normalized spacial score (nSPS) is 12.7. The number of hydrogen-bond donors (Lipinski definition) is 1. The second-order valence-electron chi connectivity index (χ2n) is 3.96. The van der Waals surface area contributed by atoms with Crippen LogP contribution in [-0.4, -0.2) is 0 Å². The largest absolute Gasteiger partial charge is 0.323 e. The molecule has 0 aliphatic rings. The van der Waals surface area contributed by atoms with E-state index in [9.17, 15) is 0 Å². The molecule has 2 rings (SSSR count). The Labute approximate surface area is 108 Å². The van der Waals surface area contributed by atoms with E-state index < -0.39 is 0 Å². The molecule has 3 heteroatoms. The Morgan fingerprint density at radius 3 is 2.56 bits per heavy atom. The van der Waals surface area contributed by atoms with Crippen molar-refractivity contribution in [2.24, 2.45) is 5.73 Å². The highest BCUT2D eigenvalue weighted by Crippen LogP contribution is 2.26. The van der Waals surface area contributed by atoms with Gasteiger partial charge >= 0.3 is 0 Å². The fraction of sp³-hybridized carbons (Fsp3) is 0.231. The standard InChI is InChI=1S/C13H14BrNS/c1-9-2-4-10(5-3-9)6-12(15)13-7-11(14)8-16-13/h2-5,7-8,12H,6,15H2,1H3. The Kier molecular flexibility index (Phi) is 3.79. The second-order valence-corrected chi connectivity index (χ2v) is 5.82. The highest BCUT2D eigenvalue weighted by atomic mass is 79.9. The summed E-state index contributed by atoms with van der Waals surface area (Å²) in [5.74, 6) is 0. The van der Waals surface area contributed by atoms with Crippen molar-refractivity contribution in [1.82, 2.24) is 0 Å². The molecule has 0 saturated heterocycles. The monoisotopic (exact) mass is 295 g/mol. The molecule has 0 bridgehead atoms. The average Bonchev–Trinajstić information content (AvgIpc) is 2.68. The molecule has 2 N–H and O–H groups in total. The smallest absolute Gasteiger partial charge is 0.0431 e. The summed E-state index contributed by atoms with van der Waals surface area (Å²) in [5.41, 5.74) is 8.75. The van der Waals surface area contributed by atoms with E-state index in [1.807, 2.05) is 0 Å². The van der Waals surface area contributed by atoms with Crippen LogP contribution in [0.4, 0.5) is 0 Å². The zero-order chi connectivity index (χ0) is 11.5. The maximum absolute atomic E-state index is 6.17. The van der Waals surface area contributed by atoms with Crippen molar-refractivity contribution >= 4 is 27.3 Å². The van der Waals surface area contributed by atoms with Crippen LogP contribution in [0.2, 0.25) is 0 Å². The van der Waals surface area contributed by atoms with Crippen LogP contribution in [0.1, 0.15) is 22.0 Å². The van der Waals surface area contributed by atoms with Gasteiger partial charge in [0.05, 0.1) is 0 Å². The summed E-state index contributed by atoms with van der Waals surface area (Å²) >= 11 is 5.16. The fourth-order valence-corrected chi connectivity index (χ4v) is 3.05. The Morgan fingerprint density at radius 1 is 1.31 bits per heavy atom. The second kappa shape index (κ2) is 5.13. The molecule has 1 heterocycles. The molecule has 1 unspecified atom stereocenters. The summed E-state index contributed by atoms with van der Waals surface area (Å²) in [5, 5.41) is 2.07. The van der Waals surface area contributed by atoms with Crippen molar-refractivity contribution in [3.05, 3.63) is 56.2 Å². The number of nitrogens with two attached hydrogens (primary N) is 1. The maximum Gasteiger partial charge on any atom is 0.0431 e. The van der Waals surface area contributed by atoms with Gasteiger partial charge in [0.25, 0.3) is 0 Å². The molecule has 0 saturated carbocycles. The highest BCUT2D eigenvalue weighted by Gasteiger charge is 2.09. The highest BCUT2D eigenvalue weighted by molar-refractivity contribution is 9.10. The molecule has 2 aromatic rings. The van der Waals surface area contributed by atoms with Crippen molar-refractivity contribution in [1.29, 1.82) is 0 Å². The third-order valence-corrected chi connectivity index (χ3v) is 4.35. The van der Waals surface area contributed by atoms with Crippen LogP contribution in [0, 0.1) is 6.92 Å². The molecule has 16 heavy (non-hydrogen) atoms. The first kappa shape index (κ1) is 11.8. The molecule has 0 aliphatic carbocycles. The number of halogens is 1. The number of rotatable bonds is 3. The van der Waals surface area contributed by atoms with Crippen molar-refractivity contribution < 1.29 is 0 Å². The van der Waals surface area contributed by atoms with Crippen molar-refractivity contribution in [2.45, 2.75) is 19.4 Å². The van der Waals surface area contributed by atoms with Gasteiger partial charge in [-0.25, -0.2) is 0 Å². The number of benzene rings is 1. The van der Waals surface area contributed by atoms with Crippen LogP contribution in [0.25, 0.3) is 0 Å². The summed E-state index contributed by atoms with van der Waals surface area (Å²) in [6.45, 7) is 2.10. The van der Waals surface area contributed by atoms with E-state index in [1.165, 1.54) is 16.0 Å². The lowest BCUT2D eigenvalue weighted by atomic mass is 10.0. The number of aryl methyl sites for hydroxylation is 1. The van der Waals surface area contributed by atoms with Gasteiger partial charge in [0.15, 0.2) is 0 Å². The van der Waals surface area contributed by atoms with Gasteiger partial charge in [-0.3, -0.25) is 0 Å². The van der Waals surface area contributed by atoms with Crippen LogP contribution < -0.4 is 5.73 Å². The molecule has 0 spiro atoms. The predicted molar refractivity (Wildman–Crippen MR) is 73.8 cm³/mol. The van der Waals surface area contributed by atoms with E-state index in [1.54, 1.807) is 11.3 Å². The van der Waals surface area contributed by atoms with Crippen molar-refractivity contribution in [3.63, 3.8) is 0 Å². The summed E-state index contributed by atoms with van der Waals surface area (Å²) < 4.78 is 1.12. The zero-order valence-corrected chi connectivity index (χ0v) is 11.5. The van der Waals surface area contributed by atoms with Crippen LogP contribution >= 0.6 is 27.3 Å². The van der Waals surface area contributed by atoms with E-state index in [4.69, 9.17) is 5.73 Å². The van der Waals surface area contributed by atoms with Gasteiger partial charge in [-0.1, -0.05) is 29.8 Å². The topological polar surface area (TPSA) is 26.0 Å². The van der Waals surface area contributed by atoms with Gasteiger partial charge in [-0.2, -0.15) is 0 Å². The Balaban J connectivity index is 2.07. The first-order chi connectivity index (χ1) is 7.65.